The van der Waals surface area contributed by atoms with E-state index in [1.54, 1.807) is 0 Å². The van der Waals surface area contributed by atoms with Gasteiger partial charge >= 0.3 is 0 Å². The van der Waals surface area contributed by atoms with Gasteiger partial charge in [-0.2, -0.15) is 17.4 Å². The molecule has 0 amide bonds. The van der Waals surface area contributed by atoms with Gasteiger partial charge in [0.15, 0.2) is 0 Å². The van der Waals surface area contributed by atoms with E-state index in [4.69, 9.17) is 10.5 Å². The number of benzene rings is 1. The summed E-state index contributed by atoms with van der Waals surface area (Å²) in [6.07, 6.45) is 0. The Kier molecular flexibility index (Phi) is 5.11. The van der Waals surface area contributed by atoms with Gasteiger partial charge in [0.05, 0.1) is 13.2 Å². The topological polar surface area (TPSA) is 84.7 Å². The molecule has 1 saturated heterocycles. The molecule has 6 nitrogen and oxygen atoms in total. The standard InChI is InChI=1S/C13H21N3O3S/c1-11(13-4-2-12(10-14)3-5-13)15-20(17,18)16-6-8-19-9-7-16/h2-5,11,15H,6-10,14H2,1H3. The summed E-state index contributed by atoms with van der Waals surface area (Å²) in [4.78, 5) is 0. The molecule has 1 aliphatic rings. The largest absolute Gasteiger partial charge is 0.379 e. The van der Waals surface area contributed by atoms with Crippen LogP contribution in [0, 0.1) is 0 Å². The maximum atomic E-state index is 12.2. The number of nitrogens with one attached hydrogen (secondary N) is 1. The highest BCUT2D eigenvalue weighted by molar-refractivity contribution is 7.87. The van der Waals surface area contributed by atoms with E-state index in [1.807, 2.05) is 31.2 Å². The van der Waals surface area contributed by atoms with Gasteiger partial charge in [0.25, 0.3) is 10.2 Å². The Morgan fingerprint density at radius 1 is 1.30 bits per heavy atom. The van der Waals surface area contributed by atoms with Crippen LogP contribution in [0.3, 0.4) is 0 Å². The maximum Gasteiger partial charge on any atom is 0.280 e. The van der Waals surface area contributed by atoms with Crippen LogP contribution in [0.25, 0.3) is 0 Å². The minimum Gasteiger partial charge on any atom is -0.379 e. The Bertz CT molecular complexity index is 524. The smallest absolute Gasteiger partial charge is 0.280 e. The predicted molar refractivity (Wildman–Crippen MR) is 77.2 cm³/mol. The van der Waals surface area contributed by atoms with Crippen molar-refractivity contribution in [2.24, 2.45) is 5.73 Å². The molecule has 1 aliphatic heterocycles. The van der Waals surface area contributed by atoms with E-state index in [0.717, 1.165) is 11.1 Å². The van der Waals surface area contributed by atoms with Gasteiger partial charge in [0.1, 0.15) is 0 Å². The van der Waals surface area contributed by atoms with E-state index in [0.29, 0.717) is 32.8 Å². The van der Waals surface area contributed by atoms with Crippen LogP contribution in [0.15, 0.2) is 24.3 Å². The Morgan fingerprint density at radius 3 is 2.45 bits per heavy atom. The highest BCUT2D eigenvalue weighted by Gasteiger charge is 2.25. The Balaban J connectivity index is 2.03. The molecule has 1 aromatic rings. The van der Waals surface area contributed by atoms with Crippen LogP contribution in [-0.2, 0) is 21.5 Å². The Morgan fingerprint density at radius 2 is 1.90 bits per heavy atom. The highest BCUT2D eigenvalue weighted by Crippen LogP contribution is 2.16. The van der Waals surface area contributed by atoms with E-state index in [9.17, 15) is 8.42 Å². The molecule has 1 heterocycles. The molecule has 112 valence electrons. The zero-order chi connectivity index (χ0) is 14.6. The molecule has 0 aromatic heterocycles. The fourth-order valence-electron chi connectivity index (χ4n) is 2.10. The second-order valence-electron chi connectivity index (χ2n) is 4.80. The number of rotatable bonds is 5. The van der Waals surface area contributed by atoms with Gasteiger partial charge in [-0.05, 0) is 18.1 Å². The molecule has 0 aliphatic carbocycles. The van der Waals surface area contributed by atoms with E-state index >= 15 is 0 Å². The summed E-state index contributed by atoms with van der Waals surface area (Å²) in [5.41, 5.74) is 7.49. The summed E-state index contributed by atoms with van der Waals surface area (Å²) in [6, 6.07) is 7.34. The third-order valence-electron chi connectivity index (χ3n) is 3.35. The number of ether oxygens (including phenoxy) is 1. The lowest BCUT2D eigenvalue weighted by atomic mass is 10.1. The van der Waals surface area contributed by atoms with Crippen molar-refractivity contribution < 1.29 is 13.2 Å². The van der Waals surface area contributed by atoms with Crippen LogP contribution in [0.2, 0.25) is 0 Å². The van der Waals surface area contributed by atoms with Crippen molar-refractivity contribution in [1.82, 2.24) is 9.03 Å². The van der Waals surface area contributed by atoms with Crippen molar-refractivity contribution >= 4 is 10.2 Å². The average Bonchev–Trinajstić information content (AvgIpc) is 2.48. The molecule has 3 N–H and O–H groups in total. The van der Waals surface area contributed by atoms with Crippen molar-refractivity contribution in [3.63, 3.8) is 0 Å². The van der Waals surface area contributed by atoms with E-state index in [1.165, 1.54) is 4.31 Å². The van der Waals surface area contributed by atoms with Crippen molar-refractivity contribution in [3.05, 3.63) is 35.4 Å². The van der Waals surface area contributed by atoms with E-state index < -0.39 is 10.2 Å². The lowest BCUT2D eigenvalue weighted by molar-refractivity contribution is 0.0723. The van der Waals surface area contributed by atoms with Crippen molar-refractivity contribution in [2.45, 2.75) is 19.5 Å². The molecule has 20 heavy (non-hydrogen) atoms. The van der Waals surface area contributed by atoms with Crippen LogP contribution in [-0.4, -0.2) is 39.0 Å². The first kappa shape index (κ1) is 15.4. The first-order valence-corrected chi connectivity index (χ1v) is 8.11. The molecule has 2 rings (SSSR count). The number of nitrogens with zero attached hydrogens (tertiary/aromatic N) is 1. The van der Waals surface area contributed by atoms with Gasteiger partial charge in [-0.1, -0.05) is 24.3 Å². The van der Waals surface area contributed by atoms with Crippen molar-refractivity contribution in [2.75, 3.05) is 26.3 Å². The monoisotopic (exact) mass is 299 g/mol. The van der Waals surface area contributed by atoms with Crippen LogP contribution in [0.1, 0.15) is 24.1 Å². The summed E-state index contributed by atoms with van der Waals surface area (Å²) >= 11 is 0. The fourth-order valence-corrected chi connectivity index (χ4v) is 3.46. The average molecular weight is 299 g/mol. The third-order valence-corrected chi connectivity index (χ3v) is 5.05. The molecule has 1 aromatic carbocycles. The van der Waals surface area contributed by atoms with Crippen LogP contribution < -0.4 is 10.5 Å². The normalized spacial score (nSPS) is 18.9. The van der Waals surface area contributed by atoms with Crippen LogP contribution in [0.5, 0.6) is 0 Å². The number of hydrogen-bond acceptors (Lipinski definition) is 4. The van der Waals surface area contributed by atoms with Gasteiger partial charge in [-0.3, -0.25) is 0 Å². The quantitative estimate of drug-likeness (QED) is 0.823. The van der Waals surface area contributed by atoms with Crippen LogP contribution >= 0.6 is 0 Å². The Hall–Kier alpha value is -0.990. The zero-order valence-electron chi connectivity index (χ0n) is 11.6. The van der Waals surface area contributed by atoms with Crippen molar-refractivity contribution in [1.29, 1.82) is 0 Å². The molecule has 1 unspecified atom stereocenters. The first-order chi connectivity index (χ1) is 9.53. The lowest BCUT2D eigenvalue weighted by Crippen LogP contribution is -2.47. The number of nitrogens with two attached hydrogens (primary N) is 1. The molecular weight excluding hydrogens is 278 g/mol. The molecular formula is C13H21N3O3S. The first-order valence-electron chi connectivity index (χ1n) is 6.67. The number of morpholine rings is 1. The molecule has 0 radical (unpaired) electrons. The SMILES string of the molecule is CC(NS(=O)(=O)N1CCOCC1)c1ccc(CN)cc1. The number of hydrogen-bond donors (Lipinski definition) is 2. The summed E-state index contributed by atoms with van der Waals surface area (Å²) < 4.78 is 33.7. The predicted octanol–water partition coefficient (Wildman–Crippen LogP) is 0.373. The van der Waals surface area contributed by atoms with Gasteiger partial charge in [-0.25, -0.2) is 0 Å². The molecule has 0 saturated carbocycles. The third kappa shape index (κ3) is 3.77. The zero-order valence-corrected chi connectivity index (χ0v) is 12.4. The second-order valence-corrected chi connectivity index (χ2v) is 6.50. The minimum absolute atomic E-state index is 0.283. The second kappa shape index (κ2) is 6.64. The summed E-state index contributed by atoms with van der Waals surface area (Å²) in [7, 11) is -3.47. The highest BCUT2D eigenvalue weighted by atomic mass is 32.2. The summed E-state index contributed by atoms with van der Waals surface area (Å²) in [5.74, 6) is 0. The van der Waals surface area contributed by atoms with Gasteiger partial charge in [0, 0.05) is 25.7 Å². The molecule has 1 fully saturated rings. The maximum absolute atomic E-state index is 12.2. The minimum atomic E-state index is -3.47. The van der Waals surface area contributed by atoms with Gasteiger partial charge in [0.2, 0.25) is 0 Å². The molecule has 0 spiro atoms. The molecule has 0 bridgehead atoms. The fraction of sp³-hybridized carbons (Fsp3) is 0.538. The van der Waals surface area contributed by atoms with Crippen molar-refractivity contribution in [3.8, 4) is 0 Å². The molecule has 7 heteroatoms. The van der Waals surface area contributed by atoms with Gasteiger partial charge in [-0.15, -0.1) is 0 Å². The van der Waals surface area contributed by atoms with E-state index in [2.05, 4.69) is 4.72 Å². The Labute approximate surface area is 120 Å². The van der Waals surface area contributed by atoms with Crippen LogP contribution in [0.4, 0.5) is 0 Å². The van der Waals surface area contributed by atoms with Gasteiger partial charge < -0.3 is 10.5 Å². The lowest BCUT2D eigenvalue weighted by Gasteiger charge is -2.27. The summed E-state index contributed by atoms with van der Waals surface area (Å²) in [6.45, 7) is 3.99. The molecule has 1 atom stereocenters. The summed E-state index contributed by atoms with van der Waals surface area (Å²) in [5, 5.41) is 0. The van der Waals surface area contributed by atoms with E-state index in [-0.39, 0.29) is 6.04 Å².